The lowest BCUT2D eigenvalue weighted by Crippen LogP contribution is -2.53. The summed E-state index contributed by atoms with van der Waals surface area (Å²) in [5.74, 6) is 1.15. The molecule has 7 aromatic carbocycles. The van der Waals surface area contributed by atoms with Gasteiger partial charge in [0, 0.05) is 48.4 Å². The molecule has 0 spiro atoms. The normalized spacial score (nSPS) is 19.3. The van der Waals surface area contributed by atoms with Crippen LogP contribution in [0, 0.1) is 6.92 Å². The van der Waals surface area contributed by atoms with Crippen LogP contribution in [-0.4, -0.2) is 114 Å². The third-order valence-corrected chi connectivity index (χ3v) is 22.0. The molecule has 2 fully saturated rings. The fourth-order valence-corrected chi connectivity index (χ4v) is 13.2. The molecule has 8 atom stereocenters. The van der Waals surface area contributed by atoms with Gasteiger partial charge < -0.3 is 33.3 Å². The van der Waals surface area contributed by atoms with Gasteiger partial charge in [0.15, 0.2) is 0 Å². The van der Waals surface area contributed by atoms with Crippen molar-refractivity contribution >= 4 is 48.0 Å². The molecule has 0 radical (unpaired) electrons. The molecule has 8 unspecified atom stereocenters. The standard InChI is InChI=1S/C38H39ClN5O6P.C32H36ClN4O6P/c1-43(2)51(39,47)49-26-33-32(25-35(50-33)44-24-23-34(41-37(44)46)40-36(45)27-13-7-4-8-14-27)42-38(28-15-9-5-10-16-28,29-17-11-6-12-18-29)30-19-21-31(48-3)22-20-30;1-22-20-37(31(39)34-30(22)38)29-19-27(28(43-29)21-42-44(33,40)36(2)3)35-32(23-11-7-5-8-12-23,24-13-9-6-10-14-24)25-15-17-26(41-4)18-16-25/h4-24,32-33,35,42H,25-26H2,1-3H3,(H,40,41,45,46);5-18,20,27-29,35H,19,21H2,1-4H3,(H,34,38,39). The number of carbonyl (C=O) groups excluding carboxylic acids is 1. The molecule has 4 N–H and O–H groups in total. The van der Waals surface area contributed by atoms with Crippen molar-refractivity contribution in [1.82, 2.24) is 39.1 Å². The molecular weight excluding hydrogens is 1290 g/mol. The Balaban J connectivity index is 0.000000209. The predicted molar refractivity (Wildman–Crippen MR) is 368 cm³/mol. The zero-order chi connectivity index (χ0) is 67.5. The number of amides is 1. The minimum absolute atomic E-state index is 0.110. The summed E-state index contributed by atoms with van der Waals surface area (Å²) in [7, 11) is 9.54. The molecule has 11 rings (SSSR count). The number of methoxy groups -OCH3 is 2. The molecular formula is C70H75Cl2N9O12P2. The summed E-state index contributed by atoms with van der Waals surface area (Å²) in [5, 5.41) is 10.5. The van der Waals surface area contributed by atoms with Crippen LogP contribution in [0.5, 0.6) is 11.5 Å². The number of hydrogen-bond donors (Lipinski definition) is 4. The van der Waals surface area contributed by atoms with Crippen LogP contribution in [-0.2, 0) is 38.7 Å². The molecule has 0 saturated carbocycles. The molecule has 25 heteroatoms. The van der Waals surface area contributed by atoms with Crippen LogP contribution in [0.3, 0.4) is 0 Å². The number of ether oxygens (including phenoxy) is 4. The first-order chi connectivity index (χ1) is 45.6. The Morgan fingerprint density at radius 3 is 1.31 bits per heavy atom. The van der Waals surface area contributed by atoms with Gasteiger partial charge in [-0.2, -0.15) is 4.98 Å². The summed E-state index contributed by atoms with van der Waals surface area (Å²) in [6.07, 6.45) is 0.722. The Morgan fingerprint density at radius 1 is 0.568 bits per heavy atom. The first-order valence-corrected chi connectivity index (χ1v) is 35.5. The minimum atomic E-state index is -3.66. The number of halogens is 2. The highest BCUT2D eigenvalue weighted by Gasteiger charge is 2.48. The third kappa shape index (κ3) is 15.9. The SMILES string of the molecule is COc1ccc(C(NC2CC(n3cc(C)c(=O)[nH]c3=O)OC2COP(=O)(Cl)N(C)C)(c2ccccc2)c2ccccc2)cc1.COc1ccc(C(NC2CC(n3ccc(NC(=O)c4ccccc4)nc3=O)OC2COP(=O)(Cl)N(C)C)(c2ccccc2)c2ccccc2)cc1. The lowest BCUT2D eigenvalue weighted by molar-refractivity contribution is -0.0253. The van der Waals surface area contributed by atoms with Gasteiger partial charge in [0.2, 0.25) is 0 Å². The van der Waals surface area contributed by atoms with Crippen LogP contribution in [0.2, 0.25) is 0 Å². The number of nitrogens with one attached hydrogen (secondary N) is 4. The van der Waals surface area contributed by atoms with E-state index in [9.17, 15) is 28.3 Å². The molecule has 4 heterocycles. The maximum atomic E-state index is 13.5. The summed E-state index contributed by atoms with van der Waals surface area (Å²) in [6.45, 7) is -5.92. The second-order valence-corrected chi connectivity index (χ2v) is 29.6. The zero-order valence-electron chi connectivity index (χ0n) is 53.4. The molecule has 0 bridgehead atoms. The lowest BCUT2D eigenvalue weighted by atomic mass is 9.76. The lowest BCUT2D eigenvalue weighted by Gasteiger charge is -2.40. The minimum Gasteiger partial charge on any atom is -0.497 e. The molecule has 2 aliphatic rings. The number of aromatic nitrogens is 4. The number of nitrogens with zero attached hydrogens (tertiary/aromatic N) is 5. The Morgan fingerprint density at radius 2 is 0.937 bits per heavy atom. The average Bonchev–Trinajstić information content (AvgIpc) is 1.52. The van der Waals surface area contributed by atoms with Crippen molar-refractivity contribution in [3.8, 4) is 11.5 Å². The third-order valence-electron chi connectivity index (χ3n) is 16.8. The van der Waals surface area contributed by atoms with Gasteiger partial charge in [-0.1, -0.05) is 164 Å². The fourth-order valence-electron chi connectivity index (χ4n) is 11.7. The van der Waals surface area contributed by atoms with Gasteiger partial charge in [-0.05, 0) is 133 Å². The van der Waals surface area contributed by atoms with Crippen molar-refractivity contribution in [3.05, 3.63) is 294 Å². The summed E-state index contributed by atoms with van der Waals surface area (Å²) in [5.41, 5.74) is 3.04. The van der Waals surface area contributed by atoms with Gasteiger partial charge in [0.25, 0.3) is 11.5 Å². The molecule has 2 aliphatic heterocycles. The number of aromatic amines is 1. The van der Waals surface area contributed by atoms with Crippen molar-refractivity contribution in [3.63, 3.8) is 0 Å². The Kier molecular flexibility index (Phi) is 22.6. The maximum absolute atomic E-state index is 13.5. The quantitative estimate of drug-likeness (QED) is 0.0325. The van der Waals surface area contributed by atoms with E-state index in [-0.39, 0.29) is 24.9 Å². The Labute approximate surface area is 560 Å². The van der Waals surface area contributed by atoms with Crippen LogP contribution >= 0.6 is 36.2 Å². The van der Waals surface area contributed by atoms with Crippen LogP contribution in [0.1, 0.15) is 74.6 Å². The largest absolute Gasteiger partial charge is 0.497 e. The van der Waals surface area contributed by atoms with Crippen LogP contribution in [0.4, 0.5) is 5.82 Å². The summed E-state index contributed by atoms with van der Waals surface area (Å²) in [4.78, 5) is 57.7. The summed E-state index contributed by atoms with van der Waals surface area (Å²) < 4.78 is 66.9. The average molecular weight is 1370 g/mol. The first-order valence-electron chi connectivity index (χ1n) is 30.5. The molecule has 2 aromatic heterocycles. The molecule has 496 valence electrons. The van der Waals surface area contributed by atoms with E-state index in [0.717, 1.165) is 33.4 Å². The number of anilines is 1. The first kappa shape index (κ1) is 69.7. The van der Waals surface area contributed by atoms with Gasteiger partial charge in [0.05, 0.1) is 50.7 Å². The molecule has 95 heavy (non-hydrogen) atoms. The second-order valence-electron chi connectivity index (χ2n) is 23.1. The van der Waals surface area contributed by atoms with Gasteiger partial charge >= 0.3 is 25.1 Å². The second kappa shape index (κ2) is 30.7. The van der Waals surface area contributed by atoms with Gasteiger partial charge in [-0.15, -0.1) is 0 Å². The predicted octanol–water partition coefficient (Wildman–Crippen LogP) is 11.7. The number of H-pyrrole nitrogens is 1. The van der Waals surface area contributed by atoms with E-state index < -0.39 is 78.5 Å². The highest BCUT2D eigenvalue weighted by molar-refractivity contribution is 7.83. The van der Waals surface area contributed by atoms with E-state index in [1.807, 2.05) is 127 Å². The smallest absolute Gasteiger partial charge is 0.362 e. The van der Waals surface area contributed by atoms with E-state index in [1.165, 1.54) is 30.9 Å². The van der Waals surface area contributed by atoms with Crippen molar-refractivity contribution in [2.75, 3.05) is 60.9 Å². The van der Waals surface area contributed by atoms with Crippen molar-refractivity contribution < 1.29 is 41.9 Å². The van der Waals surface area contributed by atoms with Crippen LogP contribution in [0.15, 0.2) is 233 Å². The number of aryl methyl sites for hydroxylation is 1. The molecule has 2 saturated heterocycles. The topological polar surface area (TPSA) is 239 Å². The van der Waals surface area contributed by atoms with Crippen molar-refractivity contribution in [2.45, 2.75) is 67.6 Å². The van der Waals surface area contributed by atoms with E-state index in [4.69, 9.17) is 50.5 Å². The number of rotatable bonds is 24. The van der Waals surface area contributed by atoms with Crippen molar-refractivity contribution in [2.24, 2.45) is 0 Å². The summed E-state index contributed by atoms with van der Waals surface area (Å²) in [6, 6.07) is 65.1. The highest BCUT2D eigenvalue weighted by Crippen LogP contribution is 2.56. The summed E-state index contributed by atoms with van der Waals surface area (Å²) >= 11 is 12.5. The van der Waals surface area contributed by atoms with Crippen LogP contribution in [0.25, 0.3) is 0 Å². The highest BCUT2D eigenvalue weighted by atomic mass is 35.7. The molecule has 0 aliphatic carbocycles. The Bertz CT molecular complexity index is 4240. The van der Waals surface area contributed by atoms with E-state index in [0.29, 0.717) is 35.5 Å². The van der Waals surface area contributed by atoms with Gasteiger partial charge in [-0.25, -0.2) is 18.9 Å². The van der Waals surface area contributed by atoms with Crippen LogP contribution < -0.4 is 42.4 Å². The fraction of sp³-hybridized carbons (Fsp3) is 0.271. The molecule has 21 nitrogen and oxygen atoms in total. The molecule has 9 aromatic rings. The van der Waals surface area contributed by atoms with E-state index in [2.05, 4.69) is 74.4 Å². The van der Waals surface area contributed by atoms with Gasteiger partial charge in [0.1, 0.15) is 29.8 Å². The maximum Gasteiger partial charge on any atom is 0.362 e. The number of carbonyl (C=O) groups is 1. The molecule has 1 amide bonds. The van der Waals surface area contributed by atoms with E-state index >= 15 is 0 Å². The Hall–Kier alpha value is -8.11. The number of benzene rings is 7. The van der Waals surface area contributed by atoms with Crippen molar-refractivity contribution in [1.29, 1.82) is 0 Å². The van der Waals surface area contributed by atoms with E-state index in [1.54, 1.807) is 79.7 Å². The number of hydrogen-bond acceptors (Lipinski definition) is 15. The zero-order valence-corrected chi connectivity index (χ0v) is 56.7. The monoisotopic (exact) mass is 1370 g/mol. The van der Waals surface area contributed by atoms with Gasteiger partial charge in [-0.3, -0.25) is 43.5 Å².